The molecule has 1 aliphatic rings. The average Bonchev–Trinajstić information content (AvgIpc) is 3.72. The molecule has 0 fully saturated rings. The highest BCUT2D eigenvalue weighted by Crippen LogP contribution is 2.36. The molecule has 0 saturated carbocycles. The fourth-order valence-corrected chi connectivity index (χ4v) is 5.26. The first-order chi connectivity index (χ1) is 19.6. The van der Waals surface area contributed by atoms with Gasteiger partial charge in [-0.1, -0.05) is 6.07 Å². The van der Waals surface area contributed by atoms with Crippen molar-refractivity contribution in [3.63, 3.8) is 0 Å². The molecule has 1 amide bonds. The number of nitrogens with zero attached hydrogens (tertiary/aromatic N) is 8. The Labute approximate surface area is 228 Å². The molecule has 40 heavy (non-hydrogen) atoms. The SMILES string of the molecule is Cc1nccnc1C(=O)N[C@H]1CCc2cc(-n3c(-c4cccnc4N)nc4ccc(-n5cccn5)nc43)ccc21. The number of nitrogen functional groups attached to an aromatic ring is 1. The molecule has 1 atom stereocenters. The van der Waals surface area contributed by atoms with Crippen LogP contribution in [-0.4, -0.2) is 45.2 Å². The number of aromatic nitrogens is 8. The van der Waals surface area contributed by atoms with Crippen molar-refractivity contribution in [3.8, 4) is 22.9 Å². The first kappa shape index (κ1) is 23.7. The van der Waals surface area contributed by atoms with E-state index in [1.165, 1.54) is 6.20 Å². The van der Waals surface area contributed by atoms with Gasteiger partial charge in [-0.3, -0.25) is 14.3 Å². The number of nitrogens with one attached hydrogen (secondary N) is 1. The highest BCUT2D eigenvalue weighted by Gasteiger charge is 2.27. The van der Waals surface area contributed by atoms with Crippen molar-refractivity contribution < 1.29 is 4.79 Å². The molecule has 3 N–H and O–H groups in total. The molecule has 0 bridgehead atoms. The zero-order chi connectivity index (χ0) is 27.2. The largest absolute Gasteiger partial charge is 0.383 e. The summed E-state index contributed by atoms with van der Waals surface area (Å²) in [4.78, 5) is 35.5. The number of pyridine rings is 2. The van der Waals surface area contributed by atoms with E-state index >= 15 is 0 Å². The van der Waals surface area contributed by atoms with E-state index in [-0.39, 0.29) is 11.9 Å². The number of anilines is 1. The Morgan fingerprint density at radius 1 is 1.00 bits per heavy atom. The number of fused-ring (bicyclic) bond motifs is 2. The third-order valence-corrected chi connectivity index (χ3v) is 7.17. The second-order valence-electron chi connectivity index (χ2n) is 9.61. The normalized spacial score (nSPS) is 14.4. The van der Waals surface area contributed by atoms with Gasteiger partial charge in [0.2, 0.25) is 0 Å². The van der Waals surface area contributed by atoms with E-state index in [4.69, 9.17) is 15.7 Å². The Hall–Kier alpha value is -5.45. The minimum Gasteiger partial charge on any atom is -0.383 e. The van der Waals surface area contributed by atoms with E-state index in [0.717, 1.165) is 35.2 Å². The molecular weight excluding hydrogens is 504 g/mol. The van der Waals surface area contributed by atoms with Crippen LogP contribution in [0, 0.1) is 6.92 Å². The number of carbonyl (C=O) groups is 1. The van der Waals surface area contributed by atoms with Gasteiger partial charge in [-0.25, -0.2) is 24.6 Å². The highest BCUT2D eigenvalue weighted by molar-refractivity contribution is 5.93. The van der Waals surface area contributed by atoms with Gasteiger partial charge >= 0.3 is 0 Å². The Morgan fingerprint density at radius 2 is 1.90 bits per heavy atom. The zero-order valence-electron chi connectivity index (χ0n) is 21.6. The molecule has 5 heterocycles. The summed E-state index contributed by atoms with van der Waals surface area (Å²) in [7, 11) is 0. The molecule has 0 aliphatic heterocycles. The van der Waals surface area contributed by atoms with Gasteiger partial charge in [0.1, 0.15) is 17.0 Å². The highest BCUT2D eigenvalue weighted by atomic mass is 16.2. The third kappa shape index (κ3) is 3.95. The average molecular weight is 529 g/mol. The molecule has 196 valence electrons. The molecule has 0 radical (unpaired) electrons. The Bertz CT molecular complexity index is 1890. The first-order valence-corrected chi connectivity index (χ1v) is 12.9. The summed E-state index contributed by atoms with van der Waals surface area (Å²) in [6.45, 7) is 1.78. The summed E-state index contributed by atoms with van der Waals surface area (Å²) < 4.78 is 3.72. The van der Waals surface area contributed by atoms with Crippen LogP contribution in [0.3, 0.4) is 0 Å². The fraction of sp³-hybridized carbons (Fsp3) is 0.138. The predicted octanol–water partition coefficient (Wildman–Crippen LogP) is 3.77. The van der Waals surface area contributed by atoms with Crippen LogP contribution in [0.5, 0.6) is 0 Å². The number of imidazole rings is 1. The molecule has 0 spiro atoms. The monoisotopic (exact) mass is 528 g/mol. The standard InChI is InChI=1S/C29H24N10O/c1-17-25(32-14-13-31-17)29(40)36-22-8-5-18-16-19(6-7-20(18)22)39-27(21-4-2-11-33-26(21)30)35-23-9-10-24(37-28(23)39)38-15-3-12-34-38/h2-4,6-7,9-16,22H,5,8H2,1H3,(H2,30,33)(H,36,40)/t22-/m0/s1. The third-order valence-electron chi connectivity index (χ3n) is 7.17. The van der Waals surface area contributed by atoms with Crippen molar-refractivity contribution in [3.05, 3.63) is 102 Å². The molecule has 0 unspecified atom stereocenters. The van der Waals surface area contributed by atoms with Crippen LogP contribution in [0.1, 0.15) is 39.8 Å². The summed E-state index contributed by atoms with van der Waals surface area (Å²) in [5.41, 5.74) is 12.5. The van der Waals surface area contributed by atoms with Gasteiger partial charge < -0.3 is 11.1 Å². The number of nitrogens with two attached hydrogens (primary N) is 1. The first-order valence-electron chi connectivity index (χ1n) is 12.9. The predicted molar refractivity (Wildman–Crippen MR) is 149 cm³/mol. The van der Waals surface area contributed by atoms with Crippen molar-refractivity contribution in [1.82, 2.24) is 44.6 Å². The Morgan fingerprint density at radius 3 is 2.73 bits per heavy atom. The number of amides is 1. The second-order valence-corrected chi connectivity index (χ2v) is 9.61. The molecule has 5 aromatic heterocycles. The zero-order valence-corrected chi connectivity index (χ0v) is 21.6. The topological polar surface area (TPSA) is 142 Å². The van der Waals surface area contributed by atoms with E-state index in [0.29, 0.717) is 40.1 Å². The van der Waals surface area contributed by atoms with E-state index in [9.17, 15) is 4.79 Å². The molecular formula is C29H24N10O. The Kier molecular flexibility index (Phi) is 5.55. The van der Waals surface area contributed by atoms with E-state index < -0.39 is 0 Å². The maximum Gasteiger partial charge on any atom is 0.272 e. The lowest BCUT2D eigenvalue weighted by Gasteiger charge is -2.16. The van der Waals surface area contributed by atoms with Crippen molar-refractivity contribution >= 4 is 22.9 Å². The van der Waals surface area contributed by atoms with Gasteiger partial charge in [-0.15, -0.1) is 0 Å². The van der Waals surface area contributed by atoms with Gasteiger partial charge in [0.15, 0.2) is 17.3 Å². The number of hydrogen-bond donors (Lipinski definition) is 2. The lowest BCUT2D eigenvalue weighted by molar-refractivity contribution is 0.0930. The summed E-state index contributed by atoms with van der Waals surface area (Å²) in [5.74, 6) is 1.48. The van der Waals surface area contributed by atoms with E-state index in [2.05, 4.69) is 37.5 Å². The molecule has 1 aliphatic carbocycles. The summed E-state index contributed by atoms with van der Waals surface area (Å²) >= 11 is 0. The van der Waals surface area contributed by atoms with Gasteiger partial charge in [-0.05, 0) is 73.4 Å². The van der Waals surface area contributed by atoms with Crippen molar-refractivity contribution in [2.75, 3.05) is 5.73 Å². The van der Waals surface area contributed by atoms with Crippen molar-refractivity contribution in [1.29, 1.82) is 0 Å². The van der Waals surface area contributed by atoms with Crippen LogP contribution in [0.15, 0.2) is 79.5 Å². The lowest BCUT2D eigenvalue weighted by atomic mass is 10.1. The number of benzene rings is 1. The van der Waals surface area contributed by atoms with E-state index in [1.807, 2.05) is 47.2 Å². The fourth-order valence-electron chi connectivity index (χ4n) is 5.26. The number of rotatable bonds is 5. The van der Waals surface area contributed by atoms with Crippen LogP contribution >= 0.6 is 0 Å². The summed E-state index contributed by atoms with van der Waals surface area (Å²) in [6.07, 6.45) is 9.94. The smallest absolute Gasteiger partial charge is 0.272 e. The maximum atomic E-state index is 12.9. The number of hydrogen-bond acceptors (Lipinski definition) is 8. The van der Waals surface area contributed by atoms with E-state index in [1.54, 1.807) is 30.2 Å². The Balaban J connectivity index is 1.32. The van der Waals surface area contributed by atoms with Crippen LogP contribution < -0.4 is 11.1 Å². The van der Waals surface area contributed by atoms with Crippen LogP contribution in [0.2, 0.25) is 0 Å². The molecule has 7 rings (SSSR count). The molecule has 11 nitrogen and oxygen atoms in total. The second kappa shape index (κ2) is 9.38. The maximum absolute atomic E-state index is 12.9. The van der Waals surface area contributed by atoms with Crippen LogP contribution in [0.4, 0.5) is 5.82 Å². The van der Waals surface area contributed by atoms with Gasteiger partial charge in [0, 0.05) is 36.7 Å². The number of aryl methyl sites for hydroxylation is 2. The molecule has 0 saturated heterocycles. The lowest BCUT2D eigenvalue weighted by Crippen LogP contribution is -2.28. The minimum atomic E-state index is -0.224. The molecule has 1 aromatic carbocycles. The minimum absolute atomic E-state index is 0.115. The van der Waals surface area contributed by atoms with Gasteiger partial charge in [0.25, 0.3) is 5.91 Å². The quantitative estimate of drug-likeness (QED) is 0.344. The van der Waals surface area contributed by atoms with Gasteiger partial charge in [-0.2, -0.15) is 5.10 Å². The van der Waals surface area contributed by atoms with Crippen LogP contribution in [0.25, 0.3) is 34.1 Å². The summed E-state index contributed by atoms with van der Waals surface area (Å²) in [6, 6.07) is 15.5. The van der Waals surface area contributed by atoms with Crippen molar-refractivity contribution in [2.24, 2.45) is 0 Å². The molecule has 11 heteroatoms. The summed E-state index contributed by atoms with van der Waals surface area (Å²) in [5, 5.41) is 7.47. The number of carbonyl (C=O) groups excluding carboxylic acids is 1. The molecule has 6 aromatic rings. The van der Waals surface area contributed by atoms with Crippen LogP contribution in [-0.2, 0) is 6.42 Å². The van der Waals surface area contributed by atoms with Crippen molar-refractivity contribution in [2.45, 2.75) is 25.8 Å². The van der Waals surface area contributed by atoms with Gasteiger partial charge in [0.05, 0.1) is 17.3 Å².